The fourth-order valence-electron chi connectivity index (χ4n) is 2.08. The summed E-state index contributed by atoms with van der Waals surface area (Å²) in [6.07, 6.45) is 0.629. The van der Waals surface area contributed by atoms with Crippen molar-refractivity contribution in [3.05, 3.63) is 33.8 Å². The fourth-order valence-corrected chi connectivity index (χ4v) is 4.19. The summed E-state index contributed by atoms with van der Waals surface area (Å²) in [7, 11) is -3.08. The third kappa shape index (κ3) is 2.99. The van der Waals surface area contributed by atoms with E-state index >= 15 is 0 Å². The van der Waals surface area contributed by atoms with Crippen LogP contribution in [0.3, 0.4) is 0 Å². The SMILES string of the molecule is CC1CCNC(c2ccc(Cl)cc2Cl)CS1(=O)=O. The fraction of sp³-hybridized carbons (Fsp3) is 0.500. The summed E-state index contributed by atoms with van der Waals surface area (Å²) in [6.45, 7) is 2.42. The molecule has 1 N–H and O–H groups in total. The first kappa shape index (κ1) is 14.1. The number of sulfone groups is 1. The van der Waals surface area contributed by atoms with Crippen LogP contribution in [0.2, 0.25) is 10.0 Å². The monoisotopic (exact) mass is 307 g/mol. The Hall–Kier alpha value is -0.290. The Morgan fingerprint density at radius 2 is 2.06 bits per heavy atom. The van der Waals surface area contributed by atoms with Gasteiger partial charge in [-0.3, -0.25) is 0 Å². The van der Waals surface area contributed by atoms with Crippen molar-refractivity contribution in [3.8, 4) is 0 Å². The van der Waals surface area contributed by atoms with Gasteiger partial charge >= 0.3 is 0 Å². The Labute approximate surface area is 117 Å². The topological polar surface area (TPSA) is 46.2 Å². The molecule has 1 saturated heterocycles. The van der Waals surface area contributed by atoms with E-state index in [0.717, 1.165) is 5.56 Å². The number of hydrogen-bond acceptors (Lipinski definition) is 3. The van der Waals surface area contributed by atoms with Crippen LogP contribution in [0.4, 0.5) is 0 Å². The predicted molar refractivity (Wildman–Crippen MR) is 75.1 cm³/mol. The molecule has 1 aliphatic heterocycles. The van der Waals surface area contributed by atoms with Gasteiger partial charge in [0.05, 0.1) is 11.0 Å². The van der Waals surface area contributed by atoms with Crippen molar-refractivity contribution in [2.75, 3.05) is 12.3 Å². The maximum Gasteiger partial charge on any atom is 0.154 e. The highest BCUT2D eigenvalue weighted by molar-refractivity contribution is 7.92. The van der Waals surface area contributed by atoms with Crippen LogP contribution < -0.4 is 5.32 Å². The maximum atomic E-state index is 12.1. The molecule has 0 aromatic heterocycles. The quantitative estimate of drug-likeness (QED) is 0.868. The van der Waals surface area contributed by atoms with Crippen LogP contribution in [0.15, 0.2) is 18.2 Å². The minimum absolute atomic E-state index is 0.0789. The molecule has 2 atom stereocenters. The Balaban J connectivity index is 2.33. The maximum absolute atomic E-state index is 12.1. The molecule has 2 unspecified atom stereocenters. The average Bonchev–Trinajstić information content (AvgIpc) is 2.39. The van der Waals surface area contributed by atoms with Crippen LogP contribution in [0, 0.1) is 0 Å². The first-order valence-electron chi connectivity index (χ1n) is 5.80. The first-order chi connectivity index (χ1) is 8.40. The second-order valence-electron chi connectivity index (χ2n) is 4.60. The lowest BCUT2D eigenvalue weighted by Gasteiger charge is -2.17. The van der Waals surface area contributed by atoms with Gasteiger partial charge in [-0.1, -0.05) is 29.3 Å². The summed E-state index contributed by atoms with van der Waals surface area (Å²) in [5, 5.41) is 3.99. The molecule has 3 nitrogen and oxygen atoms in total. The van der Waals surface area contributed by atoms with Gasteiger partial charge < -0.3 is 5.32 Å². The summed E-state index contributed by atoms with van der Waals surface area (Å²) in [5.41, 5.74) is 0.791. The van der Waals surface area contributed by atoms with Gasteiger partial charge in [0.15, 0.2) is 9.84 Å². The summed E-state index contributed by atoms with van der Waals surface area (Å²) in [6, 6.07) is 4.89. The van der Waals surface area contributed by atoms with Crippen LogP contribution in [0.5, 0.6) is 0 Å². The van der Waals surface area contributed by atoms with Crippen molar-refractivity contribution in [1.82, 2.24) is 5.32 Å². The Morgan fingerprint density at radius 1 is 1.33 bits per heavy atom. The number of halogens is 2. The van der Waals surface area contributed by atoms with Gasteiger partial charge in [-0.05, 0) is 37.6 Å². The van der Waals surface area contributed by atoms with Gasteiger partial charge in [0.1, 0.15) is 0 Å². The minimum atomic E-state index is -3.08. The highest BCUT2D eigenvalue weighted by Gasteiger charge is 2.30. The Morgan fingerprint density at radius 3 is 2.72 bits per heavy atom. The molecule has 0 bridgehead atoms. The third-order valence-electron chi connectivity index (χ3n) is 3.29. The lowest BCUT2D eigenvalue weighted by atomic mass is 10.1. The molecule has 1 aromatic carbocycles. The Bertz CT molecular complexity index is 545. The van der Waals surface area contributed by atoms with E-state index in [0.29, 0.717) is 23.0 Å². The molecule has 0 spiro atoms. The summed E-state index contributed by atoms with van der Waals surface area (Å²) < 4.78 is 24.1. The third-order valence-corrected chi connectivity index (χ3v) is 6.11. The molecule has 0 amide bonds. The lowest BCUT2D eigenvalue weighted by molar-refractivity contribution is 0.572. The van der Waals surface area contributed by atoms with Gasteiger partial charge in [0.25, 0.3) is 0 Å². The van der Waals surface area contributed by atoms with Crippen LogP contribution in [-0.4, -0.2) is 26.0 Å². The molecule has 1 aromatic rings. The molecule has 0 aliphatic carbocycles. The second kappa shape index (κ2) is 5.37. The van der Waals surface area contributed by atoms with Crippen molar-refractivity contribution < 1.29 is 8.42 Å². The summed E-state index contributed by atoms with van der Waals surface area (Å²) in [4.78, 5) is 0. The van der Waals surface area contributed by atoms with Gasteiger partial charge in [-0.15, -0.1) is 0 Å². The zero-order chi connectivity index (χ0) is 13.3. The van der Waals surface area contributed by atoms with Crippen LogP contribution in [0.25, 0.3) is 0 Å². The second-order valence-corrected chi connectivity index (χ2v) is 7.91. The van der Waals surface area contributed by atoms with Crippen LogP contribution in [0.1, 0.15) is 24.9 Å². The molecule has 0 saturated carbocycles. The molecule has 18 heavy (non-hydrogen) atoms. The number of hydrogen-bond donors (Lipinski definition) is 1. The molecular weight excluding hydrogens is 293 g/mol. The zero-order valence-electron chi connectivity index (χ0n) is 9.99. The van der Waals surface area contributed by atoms with E-state index in [9.17, 15) is 8.42 Å². The highest BCUT2D eigenvalue weighted by Crippen LogP contribution is 2.29. The van der Waals surface area contributed by atoms with E-state index in [1.165, 1.54) is 0 Å². The highest BCUT2D eigenvalue weighted by atomic mass is 35.5. The van der Waals surface area contributed by atoms with E-state index in [2.05, 4.69) is 5.32 Å². The number of rotatable bonds is 1. The van der Waals surface area contributed by atoms with Gasteiger partial charge in [-0.25, -0.2) is 8.42 Å². The van der Waals surface area contributed by atoms with Crippen molar-refractivity contribution in [3.63, 3.8) is 0 Å². The van der Waals surface area contributed by atoms with Gasteiger partial charge in [-0.2, -0.15) is 0 Å². The molecule has 100 valence electrons. The summed E-state index contributed by atoms with van der Waals surface area (Å²) >= 11 is 12.0. The minimum Gasteiger partial charge on any atom is -0.309 e. The van der Waals surface area contributed by atoms with Crippen molar-refractivity contribution in [2.45, 2.75) is 24.6 Å². The largest absolute Gasteiger partial charge is 0.309 e. The van der Waals surface area contributed by atoms with E-state index in [1.807, 2.05) is 0 Å². The number of benzene rings is 1. The van der Waals surface area contributed by atoms with Gasteiger partial charge in [0.2, 0.25) is 0 Å². The predicted octanol–water partition coefficient (Wildman–Crippen LogP) is 2.83. The van der Waals surface area contributed by atoms with E-state index < -0.39 is 9.84 Å². The van der Waals surface area contributed by atoms with E-state index in [1.54, 1.807) is 25.1 Å². The van der Waals surface area contributed by atoms with Crippen molar-refractivity contribution in [1.29, 1.82) is 0 Å². The normalized spacial score (nSPS) is 27.7. The molecule has 0 radical (unpaired) electrons. The van der Waals surface area contributed by atoms with E-state index in [-0.39, 0.29) is 17.0 Å². The van der Waals surface area contributed by atoms with Crippen molar-refractivity contribution >= 4 is 33.0 Å². The molecule has 1 heterocycles. The Kier molecular flexibility index (Phi) is 4.22. The molecule has 1 fully saturated rings. The molecule has 1 aliphatic rings. The molecular formula is C12H15Cl2NO2S. The molecule has 6 heteroatoms. The first-order valence-corrected chi connectivity index (χ1v) is 8.27. The standard InChI is InChI=1S/C12H15Cl2NO2S/c1-8-4-5-15-12(7-18(8,16)17)10-3-2-9(13)6-11(10)14/h2-3,6,8,12,15H,4-5,7H2,1H3. The zero-order valence-corrected chi connectivity index (χ0v) is 12.3. The van der Waals surface area contributed by atoms with Gasteiger partial charge in [0, 0.05) is 16.1 Å². The number of nitrogens with one attached hydrogen (secondary N) is 1. The van der Waals surface area contributed by atoms with Crippen molar-refractivity contribution in [2.24, 2.45) is 0 Å². The average molecular weight is 308 g/mol. The molecule has 2 rings (SSSR count). The smallest absolute Gasteiger partial charge is 0.154 e. The van der Waals surface area contributed by atoms with E-state index in [4.69, 9.17) is 23.2 Å². The van der Waals surface area contributed by atoms with Crippen LogP contribution in [-0.2, 0) is 9.84 Å². The summed E-state index contributed by atoms with van der Waals surface area (Å²) in [5.74, 6) is 0.0789. The van der Waals surface area contributed by atoms with Crippen LogP contribution >= 0.6 is 23.2 Å². The lowest BCUT2D eigenvalue weighted by Crippen LogP contribution is -2.26.